The highest BCUT2D eigenvalue weighted by Gasteiger charge is 2.30. The maximum Gasteiger partial charge on any atom is 0.255 e. The molecule has 0 spiro atoms. The van der Waals surface area contributed by atoms with Crippen LogP contribution in [0, 0.1) is 0 Å². The van der Waals surface area contributed by atoms with Crippen LogP contribution in [-0.4, -0.2) is 34.4 Å². The van der Waals surface area contributed by atoms with E-state index in [1.807, 2.05) is 16.7 Å². The molecule has 98 valence electrons. The van der Waals surface area contributed by atoms with Crippen LogP contribution < -0.4 is 5.73 Å². The number of benzene rings is 1. The van der Waals surface area contributed by atoms with Gasteiger partial charge in [-0.25, -0.2) is 0 Å². The topological polar surface area (TPSA) is 46.3 Å². The number of amides is 1. The molecule has 0 unspecified atom stereocenters. The van der Waals surface area contributed by atoms with Gasteiger partial charge in [0.25, 0.3) is 5.91 Å². The highest BCUT2D eigenvalue weighted by molar-refractivity contribution is 8.00. The van der Waals surface area contributed by atoms with Crippen LogP contribution in [0.4, 0.5) is 5.69 Å². The number of rotatable bonds is 1. The molecule has 1 aromatic rings. The van der Waals surface area contributed by atoms with Crippen molar-refractivity contribution < 1.29 is 4.79 Å². The van der Waals surface area contributed by atoms with Gasteiger partial charge in [-0.05, 0) is 32.0 Å². The Morgan fingerprint density at radius 1 is 1.50 bits per heavy atom. The third kappa shape index (κ3) is 2.93. The van der Waals surface area contributed by atoms with Crippen LogP contribution >= 0.6 is 23.4 Å². The molecule has 0 aliphatic carbocycles. The standard InChI is InChI=1S/C13H17ClN2OS/c1-13(2)8-16(5-6-18-13)12(17)10-7-9(15)3-4-11(10)14/h3-4,7H,5-6,8,15H2,1-2H3. The number of hydrogen-bond acceptors (Lipinski definition) is 3. The number of nitrogen functional groups attached to an aromatic ring is 1. The summed E-state index contributed by atoms with van der Waals surface area (Å²) >= 11 is 7.97. The highest BCUT2D eigenvalue weighted by atomic mass is 35.5. The number of hydrogen-bond donors (Lipinski definition) is 1. The molecule has 2 N–H and O–H groups in total. The maximum atomic E-state index is 12.4. The Bertz CT molecular complexity index is 476. The van der Waals surface area contributed by atoms with Crippen LogP contribution in [0.3, 0.4) is 0 Å². The summed E-state index contributed by atoms with van der Waals surface area (Å²) < 4.78 is 0.0979. The Kier molecular flexibility index (Phi) is 3.78. The van der Waals surface area contributed by atoms with Gasteiger partial charge in [-0.1, -0.05) is 11.6 Å². The van der Waals surface area contributed by atoms with Crippen LogP contribution in [-0.2, 0) is 0 Å². The third-order valence-electron chi connectivity index (χ3n) is 2.93. The first-order valence-electron chi connectivity index (χ1n) is 5.87. The first kappa shape index (κ1) is 13.6. The first-order chi connectivity index (χ1) is 8.39. The molecular formula is C13H17ClN2OS. The fourth-order valence-electron chi connectivity index (χ4n) is 2.07. The van der Waals surface area contributed by atoms with Crippen molar-refractivity contribution in [3.8, 4) is 0 Å². The molecule has 1 fully saturated rings. The van der Waals surface area contributed by atoms with Gasteiger partial charge in [0, 0.05) is 29.3 Å². The Labute approximate surface area is 117 Å². The average Bonchev–Trinajstić information content (AvgIpc) is 2.30. The number of carbonyl (C=O) groups is 1. The van der Waals surface area contributed by atoms with E-state index in [1.54, 1.807) is 18.2 Å². The second-order valence-electron chi connectivity index (χ2n) is 5.07. The number of thioether (sulfide) groups is 1. The molecule has 5 heteroatoms. The summed E-state index contributed by atoms with van der Waals surface area (Å²) in [6, 6.07) is 5.03. The Morgan fingerprint density at radius 2 is 2.22 bits per heavy atom. The van der Waals surface area contributed by atoms with Gasteiger partial charge in [0.15, 0.2) is 0 Å². The molecule has 18 heavy (non-hydrogen) atoms. The molecule has 1 aliphatic rings. The van der Waals surface area contributed by atoms with Crippen molar-refractivity contribution in [2.45, 2.75) is 18.6 Å². The van der Waals surface area contributed by atoms with E-state index in [9.17, 15) is 4.79 Å². The zero-order valence-corrected chi connectivity index (χ0v) is 12.1. The van der Waals surface area contributed by atoms with E-state index in [1.165, 1.54) is 0 Å². The van der Waals surface area contributed by atoms with Crippen molar-refractivity contribution in [2.24, 2.45) is 0 Å². The lowest BCUT2D eigenvalue weighted by Gasteiger charge is -2.37. The molecule has 0 radical (unpaired) electrons. The lowest BCUT2D eigenvalue weighted by atomic mass is 10.1. The molecular weight excluding hydrogens is 268 g/mol. The minimum absolute atomic E-state index is 0.0272. The molecule has 0 saturated carbocycles. The molecule has 1 amide bonds. The van der Waals surface area contributed by atoms with Crippen molar-refractivity contribution in [3.05, 3.63) is 28.8 Å². The summed E-state index contributed by atoms with van der Waals surface area (Å²) in [6.45, 7) is 5.80. The van der Waals surface area contributed by atoms with Crippen LogP contribution in [0.25, 0.3) is 0 Å². The monoisotopic (exact) mass is 284 g/mol. The second kappa shape index (κ2) is 5.02. The molecule has 1 heterocycles. The predicted molar refractivity (Wildman–Crippen MR) is 78.3 cm³/mol. The van der Waals surface area contributed by atoms with E-state index in [-0.39, 0.29) is 10.7 Å². The summed E-state index contributed by atoms with van der Waals surface area (Å²) in [4.78, 5) is 14.3. The van der Waals surface area contributed by atoms with Gasteiger partial charge in [-0.3, -0.25) is 4.79 Å². The first-order valence-corrected chi connectivity index (χ1v) is 7.24. The minimum atomic E-state index is -0.0272. The van der Waals surface area contributed by atoms with Crippen molar-refractivity contribution in [1.29, 1.82) is 0 Å². The summed E-state index contributed by atoms with van der Waals surface area (Å²) in [7, 11) is 0. The van der Waals surface area contributed by atoms with Crippen molar-refractivity contribution in [3.63, 3.8) is 0 Å². The molecule has 0 bridgehead atoms. The number of nitrogens with zero attached hydrogens (tertiary/aromatic N) is 1. The summed E-state index contributed by atoms with van der Waals surface area (Å²) in [6.07, 6.45) is 0. The van der Waals surface area contributed by atoms with Crippen molar-refractivity contribution in [2.75, 3.05) is 24.6 Å². The lowest BCUT2D eigenvalue weighted by Crippen LogP contribution is -2.46. The second-order valence-corrected chi connectivity index (χ2v) is 7.28. The third-order valence-corrected chi connectivity index (χ3v) is 4.56. The Balaban J connectivity index is 2.23. The molecule has 1 saturated heterocycles. The van der Waals surface area contributed by atoms with E-state index in [4.69, 9.17) is 17.3 Å². The molecule has 0 atom stereocenters. The summed E-state index contributed by atoms with van der Waals surface area (Å²) in [5.41, 5.74) is 6.78. The van der Waals surface area contributed by atoms with E-state index < -0.39 is 0 Å². The van der Waals surface area contributed by atoms with Crippen LogP contribution in [0.2, 0.25) is 5.02 Å². The van der Waals surface area contributed by atoms with Gasteiger partial charge in [-0.2, -0.15) is 11.8 Å². The zero-order valence-electron chi connectivity index (χ0n) is 10.6. The van der Waals surface area contributed by atoms with Gasteiger partial charge in [0.1, 0.15) is 0 Å². The smallest absolute Gasteiger partial charge is 0.255 e. The van der Waals surface area contributed by atoms with E-state index in [0.717, 1.165) is 18.8 Å². The van der Waals surface area contributed by atoms with Crippen molar-refractivity contribution >= 4 is 35.0 Å². The fourth-order valence-corrected chi connectivity index (χ4v) is 3.38. The number of halogens is 1. The number of carbonyl (C=O) groups excluding carboxylic acids is 1. The SMILES string of the molecule is CC1(C)CN(C(=O)c2cc(N)ccc2Cl)CCS1. The van der Waals surface area contributed by atoms with Crippen molar-refractivity contribution in [1.82, 2.24) is 4.90 Å². The number of nitrogens with two attached hydrogens (primary N) is 1. The average molecular weight is 285 g/mol. The zero-order chi connectivity index (χ0) is 13.3. The maximum absolute atomic E-state index is 12.4. The van der Waals surface area contributed by atoms with E-state index >= 15 is 0 Å². The Morgan fingerprint density at radius 3 is 2.89 bits per heavy atom. The normalized spacial score (nSPS) is 18.7. The van der Waals surface area contributed by atoms with Gasteiger partial charge < -0.3 is 10.6 Å². The highest BCUT2D eigenvalue weighted by Crippen LogP contribution is 2.31. The van der Waals surface area contributed by atoms with Gasteiger partial charge in [-0.15, -0.1) is 0 Å². The molecule has 2 rings (SSSR count). The largest absolute Gasteiger partial charge is 0.399 e. The predicted octanol–water partition coefficient (Wildman–Crippen LogP) is 2.89. The quantitative estimate of drug-likeness (QED) is 0.807. The summed E-state index contributed by atoms with van der Waals surface area (Å²) in [5, 5.41) is 0.463. The van der Waals surface area contributed by atoms with Gasteiger partial charge in [0.05, 0.1) is 10.6 Å². The fraction of sp³-hybridized carbons (Fsp3) is 0.462. The van der Waals surface area contributed by atoms with Gasteiger partial charge in [0.2, 0.25) is 0 Å². The molecule has 3 nitrogen and oxygen atoms in total. The molecule has 1 aromatic carbocycles. The van der Waals surface area contributed by atoms with Crippen LogP contribution in [0.15, 0.2) is 18.2 Å². The molecule has 0 aromatic heterocycles. The Hall–Kier alpha value is -0.870. The molecule has 1 aliphatic heterocycles. The minimum Gasteiger partial charge on any atom is -0.399 e. The van der Waals surface area contributed by atoms with Crippen LogP contribution in [0.5, 0.6) is 0 Å². The number of anilines is 1. The summed E-state index contributed by atoms with van der Waals surface area (Å²) in [5.74, 6) is 0.930. The van der Waals surface area contributed by atoms with E-state index in [2.05, 4.69) is 13.8 Å². The van der Waals surface area contributed by atoms with E-state index in [0.29, 0.717) is 16.3 Å². The van der Waals surface area contributed by atoms with Gasteiger partial charge >= 0.3 is 0 Å². The van der Waals surface area contributed by atoms with Crippen LogP contribution in [0.1, 0.15) is 24.2 Å². The lowest BCUT2D eigenvalue weighted by molar-refractivity contribution is 0.0748.